The van der Waals surface area contributed by atoms with Crippen molar-refractivity contribution in [3.63, 3.8) is 0 Å². The molecule has 1 aliphatic rings. The van der Waals surface area contributed by atoms with Crippen molar-refractivity contribution in [3.05, 3.63) is 59.2 Å². The molecule has 1 heterocycles. The fourth-order valence-corrected chi connectivity index (χ4v) is 4.76. The number of ether oxygens (including phenoxy) is 2. The molecule has 0 unspecified atom stereocenters. The van der Waals surface area contributed by atoms with Crippen LogP contribution < -0.4 is 19.8 Å². The molecule has 3 rings (SSSR count). The second-order valence-corrected chi connectivity index (χ2v) is 10.5. The standard InChI is InChI=1S/C25H32N4O6S/c1-18-6-4-7-19(2)25(18)29(36(3,32)33)16-23(30)28-27-14-20-9-11-21(12-10-20)35-17-24(31)26-15-22-8-5-13-34-22/h4,6-7,9-12,14,22H,5,8,13,15-17H2,1-3H3,(H,26,31)(H,28,30)/b27-14-/t22-/m0/s1. The van der Waals surface area contributed by atoms with Gasteiger partial charge in [-0.15, -0.1) is 0 Å². The molecule has 11 heteroatoms. The maximum Gasteiger partial charge on any atom is 0.260 e. The van der Waals surface area contributed by atoms with Crippen molar-refractivity contribution < 1.29 is 27.5 Å². The summed E-state index contributed by atoms with van der Waals surface area (Å²) in [6, 6.07) is 12.2. The maximum absolute atomic E-state index is 12.4. The van der Waals surface area contributed by atoms with Crippen LogP contribution in [-0.2, 0) is 24.3 Å². The van der Waals surface area contributed by atoms with Gasteiger partial charge in [0.05, 0.1) is 24.3 Å². The molecule has 2 N–H and O–H groups in total. The number of rotatable bonds is 11. The quantitative estimate of drug-likeness (QED) is 0.347. The summed E-state index contributed by atoms with van der Waals surface area (Å²) in [5.74, 6) is -0.281. The second-order valence-electron chi connectivity index (χ2n) is 8.60. The molecule has 1 fully saturated rings. The molecular formula is C25H32N4O6S. The van der Waals surface area contributed by atoms with Gasteiger partial charge in [0.15, 0.2) is 6.61 Å². The number of aryl methyl sites for hydroxylation is 2. The Morgan fingerprint density at radius 2 is 1.83 bits per heavy atom. The summed E-state index contributed by atoms with van der Waals surface area (Å²) in [4.78, 5) is 24.3. The van der Waals surface area contributed by atoms with Crippen molar-refractivity contribution in [3.8, 4) is 5.75 Å². The van der Waals surface area contributed by atoms with Gasteiger partial charge in [-0.2, -0.15) is 5.10 Å². The fourth-order valence-electron chi connectivity index (χ4n) is 3.79. The van der Waals surface area contributed by atoms with Crippen LogP contribution in [0.3, 0.4) is 0 Å². The molecule has 36 heavy (non-hydrogen) atoms. The predicted octanol–water partition coefficient (Wildman–Crippen LogP) is 1.89. The Bertz CT molecular complexity index is 1170. The third-order valence-electron chi connectivity index (χ3n) is 5.58. The lowest BCUT2D eigenvalue weighted by Gasteiger charge is -2.25. The van der Waals surface area contributed by atoms with Crippen LogP contribution in [0.15, 0.2) is 47.6 Å². The van der Waals surface area contributed by atoms with E-state index in [1.165, 1.54) is 6.21 Å². The number of carbonyl (C=O) groups is 2. The van der Waals surface area contributed by atoms with Crippen LogP contribution in [0.25, 0.3) is 0 Å². The Kier molecular flexibility index (Phi) is 9.43. The highest BCUT2D eigenvalue weighted by Crippen LogP contribution is 2.26. The number of para-hydroxylation sites is 1. The Morgan fingerprint density at radius 1 is 1.14 bits per heavy atom. The monoisotopic (exact) mass is 516 g/mol. The molecule has 0 aromatic heterocycles. The smallest absolute Gasteiger partial charge is 0.260 e. The molecule has 1 atom stereocenters. The van der Waals surface area contributed by atoms with Gasteiger partial charge in [0.2, 0.25) is 10.0 Å². The van der Waals surface area contributed by atoms with Crippen LogP contribution in [0.4, 0.5) is 5.69 Å². The number of carbonyl (C=O) groups excluding carboxylic acids is 2. The Morgan fingerprint density at radius 3 is 2.44 bits per heavy atom. The van der Waals surface area contributed by atoms with Crippen LogP contribution in [0.2, 0.25) is 0 Å². The van der Waals surface area contributed by atoms with Crippen molar-refractivity contribution in [1.82, 2.24) is 10.7 Å². The summed E-state index contributed by atoms with van der Waals surface area (Å²) in [5.41, 5.74) is 5.03. The molecule has 194 valence electrons. The van der Waals surface area contributed by atoms with E-state index in [1.807, 2.05) is 6.07 Å². The lowest BCUT2D eigenvalue weighted by molar-refractivity contribution is -0.123. The second kappa shape index (κ2) is 12.5. The molecule has 10 nitrogen and oxygen atoms in total. The van der Waals surface area contributed by atoms with Crippen molar-refractivity contribution >= 4 is 33.7 Å². The van der Waals surface area contributed by atoms with E-state index in [2.05, 4.69) is 15.8 Å². The molecule has 2 aromatic carbocycles. The van der Waals surface area contributed by atoms with Crippen molar-refractivity contribution in [1.29, 1.82) is 0 Å². The van der Waals surface area contributed by atoms with Crippen molar-refractivity contribution in [2.24, 2.45) is 5.10 Å². The number of benzene rings is 2. The summed E-state index contributed by atoms with van der Waals surface area (Å²) >= 11 is 0. The number of hydrogen-bond acceptors (Lipinski definition) is 7. The van der Waals surface area contributed by atoms with Crippen LogP contribution in [0, 0.1) is 13.8 Å². The minimum Gasteiger partial charge on any atom is -0.484 e. The van der Waals surface area contributed by atoms with E-state index in [9.17, 15) is 18.0 Å². The first-order valence-electron chi connectivity index (χ1n) is 11.6. The topological polar surface area (TPSA) is 126 Å². The summed E-state index contributed by atoms with van der Waals surface area (Å²) in [6.07, 6.45) is 4.54. The predicted molar refractivity (Wildman–Crippen MR) is 138 cm³/mol. The van der Waals surface area contributed by atoms with Gasteiger partial charge in [0.25, 0.3) is 11.8 Å². The number of hydrogen-bond donors (Lipinski definition) is 2. The summed E-state index contributed by atoms with van der Waals surface area (Å²) in [6.45, 7) is 4.30. The van der Waals surface area contributed by atoms with Gasteiger partial charge in [-0.05, 0) is 67.6 Å². The van der Waals surface area contributed by atoms with Gasteiger partial charge in [0.1, 0.15) is 12.3 Å². The van der Waals surface area contributed by atoms with Crippen molar-refractivity contribution in [2.45, 2.75) is 32.8 Å². The Hall–Kier alpha value is -3.44. The van der Waals surface area contributed by atoms with Gasteiger partial charge in [0, 0.05) is 13.2 Å². The highest BCUT2D eigenvalue weighted by molar-refractivity contribution is 7.92. The van der Waals surface area contributed by atoms with E-state index in [0.717, 1.165) is 41.1 Å². The van der Waals surface area contributed by atoms with E-state index in [0.29, 0.717) is 23.5 Å². The lowest BCUT2D eigenvalue weighted by atomic mass is 10.1. The lowest BCUT2D eigenvalue weighted by Crippen LogP contribution is -2.39. The molecule has 0 spiro atoms. The fraction of sp³-hybridized carbons (Fsp3) is 0.400. The van der Waals surface area contributed by atoms with E-state index in [4.69, 9.17) is 9.47 Å². The zero-order valence-electron chi connectivity index (χ0n) is 20.7. The average molecular weight is 517 g/mol. The minimum absolute atomic E-state index is 0.0778. The number of nitrogens with one attached hydrogen (secondary N) is 2. The van der Waals surface area contributed by atoms with Gasteiger partial charge in [-0.1, -0.05) is 18.2 Å². The van der Waals surface area contributed by atoms with E-state index in [-0.39, 0.29) is 18.6 Å². The third kappa shape index (κ3) is 8.06. The normalized spacial score (nSPS) is 15.6. The molecular weight excluding hydrogens is 484 g/mol. The highest BCUT2D eigenvalue weighted by atomic mass is 32.2. The summed E-state index contributed by atoms with van der Waals surface area (Å²) < 4.78 is 36.7. The van der Waals surface area contributed by atoms with Crippen LogP contribution in [-0.4, -0.2) is 65.1 Å². The number of anilines is 1. The zero-order chi connectivity index (χ0) is 26.1. The van der Waals surface area contributed by atoms with E-state index in [1.54, 1.807) is 50.2 Å². The first-order chi connectivity index (χ1) is 17.1. The highest BCUT2D eigenvalue weighted by Gasteiger charge is 2.23. The molecule has 1 saturated heterocycles. The van der Waals surface area contributed by atoms with Crippen LogP contribution in [0.5, 0.6) is 5.75 Å². The van der Waals surface area contributed by atoms with Gasteiger partial charge >= 0.3 is 0 Å². The number of hydrazone groups is 1. The first kappa shape index (κ1) is 27.2. The third-order valence-corrected chi connectivity index (χ3v) is 6.69. The molecule has 0 saturated carbocycles. The minimum atomic E-state index is -3.69. The van der Waals surface area contributed by atoms with Gasteiger partial charge < -0.3 is 14.8 Å². The Balaban J connectivity index is 1.48. The number of amides is 2. The maximum atomic E-state index is 12.4. The largest absolute Gasteiger partial charge is 0.484 e. The first-order valence-corrected chi connectivity index (χ1v) is 13.5. The Labute approximate surface area is 211 Å². The average Bonchev–Trinajstić information content (AvgIpc) is 3.34. The van der Waals surface area contributed by atoms with E-state index < -0.39 is 22.5 Å². The summed E-state index contributed by atoms with van der Waals surface area (Å²) in [5, 5.41) is 6.71. The number of nitrogens with zero attached hydrogens (tertiary/aromatic N) is 2. The molecule has 1 aliphatic heterocycles. The molecule has 2 amide bonds. The van der Waals surface area contributed by atoms with Gasteiger partial charge in [-0.25, -0.2) is 13.8 Å². The molecule has 0 aliphatic carbocycles. The molecule has 2 aromatic rings. The van der Waals surface area contributed by atoms with Gasteiger partial charge in [-0.3, -0.25) is 13.9 Å². The van der Waals surface area contributed by atoms with Crippen LogP contribution in [0.1, 0.15) is 29.5 Å². The molecule has 0 radical (unpaired) electrons. The summed E-state index contributed by atoms with van der Waals surface area (Å²) in [7, 11) is -3.69. The van der Waals surface area contributed by atoms with Crippen molar-refractivity contribution in [2.75, 3.05) is 36.9 Å². The number of sulfonamides is 1. The SMILES string of the molecule is Cc1cccc(C)c1N(CC(=O)N/N=C\c1ccc(OCC(=O)NC[C@@H]2CCCO2)cc1)S(C)(=O)=O. The molecule has 0 bridgehead atoms. The zero-order valence-corrected chi connectivity index (χ0v) is 21.5. The van der Waals surface area contributed by atoms with E-state index >= 15 is 0 Å². The van der Waals surface area contributed by atoms with Crippen LogP contribution >= 0.6 is 0 Å².